The van der Waals surface area contributed by atoms with Crippen LogP contribution in [0.4, 0.5) is 15.9 Å². The molecule has 0 radical (unpaired) electrons. The number of piperidine rings is 1. The van der Waals surface area contributed by atoms with Crippen molar-refractivity contribution in [2.45, 2.75) is 19.8 Å². The zero-order valence-electron chi connectivity index (χ0n) is 15.5. The summed E-state index contributed by atoms with van der Waals surface area (Å²) in [5, 5.41) is 11.4. The molecule has 4 rings (SSSR count). The molecule has 1 N–H and O–H groups in total. The average Bonchev–Trinajstić information content (AvgIpc) is 3.26. The Labute approximate surface area is 162 Å². The van der Waals surface area contributed by atoms with E-state index in [9.17, 15) is 9.18 Å². The molecule has 2 aromatic heterocycles. The number of aryl methyl sites for hydroxylation is 1. The van der Waals surface area contributed by atoms with Gasteiger partial charge in [0.1, 0.15) is 12.1 Å². The van der Waals surface area contributed by atoms with Crippen LogP contribution < -0.4 is 10.2 Å². The number of anilines is 2. The summed E-state index contributed by atoms with van der Waals surface area (Å²) >= 11 is 0. The minimum atomic E-state index is -0.323. The summed E-state index contributed by atoms with van der Waals surface area (Å²) in [4.78, 5) is 18.7. The maximum atomic E-state index is 13.7. The molecule has 1 saturated heterocycles. The molecular weight excluding hydrogens is 359 g/mol. The molecule has 0 spiro atoms. The maximum absolute atomic E-state index is 13.7. The summed E-state index contributed by atoms with van der Waals surface area (Å²) in [5.74, 6) is 0.817. The first kappa shape index (κ1) is 18.1. The minimum Gasteiger partial charge on any atom is -0.354 e. The van der Waals surface area contributed by atoms with E-state index in [4.69, 9.17) is 0 Å². The maximum Gasteiger partial charge on any atom is 0.229 e. The molecule has 3 heterocycles. The first-order valence-electron chi connectivity index (χ1n) is 9.24. The molecule has 8 heteroatoms. The van der Waals surface area contributed by atoms with E-state index in [1.807, 2.05) is 12.1 Å². The van der Waals surface area contributed by atoms with Gasteiger partial charge >= 0.3 is 0 Å². The van der Waals surface area contributed by atoms with Crippen molar-refractivity contribution < 1.29 is 9.18 Å². The van der Waals surface area contributed by atoms with Crippen molar-refractivity contribution in [1.29, 1.82) is 0 Å². The Morgan fingerprint density at radius 3 is 2.75 bits per heavy atom. The topological polar surface area (TPSA) is 75.9 Å². The third-order valence-electron chi connectivity index (χ3n) is 4.96. The number of hydrogen-bond acceptors (Lipinski definition) is 5. The number of hydrogen-bond donors (Lipinski definition) is 1. The number of nitrogens with zero attached hydrogens (tertiary/aromatic N) is 5. The van der Waals surface area contributed by atoms with Crippen molar-refractivity contribution >= 4 is 17.4 Å². The van der Waals surface area contributed by atoms with Gasteiger partial charge in [0.05, 0.1) is 5.92 Å². The standard InChI is InChI=1S/C20H21FN6O/c1-14-4-5-16(11-17(14)21)23-20(28)15-3-2-9-26(12-15)18-6-7-19(25-24-18)27-10-8-22-13-27/h4-8,10-11,13,15H,2-3,9,12H2,1H3,(H,23,28). The molecule has 1 fully saturated rings. The molecule has 0 bridgehead atoms. The van der Waals surface area contributed by atoms with Crippen molar-refractivity contribution in [3.05, 3.63) is 60.4 Å². The largest absolute Gasteiger partial charge is 0.354 e. The Bertz CT molecular complexity index is 957. The van der Waals surface area contributed by atoms with Crippen LogP contribution in [0.3, 0.4) is 0 Å². The van der Waals surface area contributed by atoms with Gasteiger partial charge in [-0.05, 0) is 49.6 Å². The Morgan fingerprint density at radius 1 is 1.21 bits per heavy atom. The highest BCUT2D eigenvalue weighted by molar-refractivity contribution is 5.93. The van der Waals surface area contributed by atoms with E-state index in [1.54, 1.807) is 42.3 Å². The molecule has 1 unspecified atom stereocenters. The van der Waals surface area contributed by atoms with Crippen LogP contribution in [0, 0.1) is 18.7 Å². The number of nitrogens with one attached hydrogen (secondary N) is 1. The lowest BCUT2D eigenvalue weighted by Crippen LogP contribution is -2.41. The number of imidazole rings is 1. The zero-order valence-corrected chi connectivity index (χ0v) is 15.5. The SMILES string of the molecule is Cc1ccc(NC(=O)C2CCCN(c3ccc(-n4ccnc4)nn3)C2)cc1F. The van der Waals surface area contributed by atoms with Crippen LogP contribution in [0.2, 0.25) is 0 Å². The van der Waals surface area contributed by atoms with Gasteiger partial charge in [0, 0.05) is 31.2 Å². The normalized spacial score (nSPS) is 16.8. The number of benzene rings is 1. The lowest BCUT2D eigenvalue weighted by molar-refractivity contribution is -0.120. The highest BCUT2D eigenvalue weighted by atomic mass is 19.1. The summed E-state index contributed by atoms with van der Waals surface area (Å²) in [6, 6.07) is 8.52. The fourth-order valence-electron chi connectivity index (χ4n) is 3.33. The Hall–Kier alpha value is -3.29. The number of halogens is 1. The second-order valence-corrected chi connectivity index (χ2v) is 6.96. The zero-order chi connectivity index (χ0) is 19.5. The smallest absolute Gasteiger partial charge is 0.229 e. The van der Waals surface area contributed by atoms with Gasteiger partial charge in [0.25, 0.3) is 0 Å². The number of aromatic nitrogens is 4. The molecule has 0 aliphatic carbocycles. The quantitative estimate of drug-likeness (QED) is 0.753. The fourth-order valence-corrected chi connectivity index (χ4v) is 3.33. The summed E-state index contributed by atoms with van der Waals surface area (Å²) < 4.78 is 15.5. The van der Waals surface area contributed by atoms with Gasteiger partial charge in [-0.1, -0.05) is 6.07 Å². The van der Waals surface area contributed by atoms with Gasteiger partial charge in [-0.3, -0.25) is 9.36 Å². The average molecular weight is 380 g/mol. The van der Waals surface area contributed by atoms with Crippen LogP contribution in [0.1, 0.15) is 18.4 Å². The van der Waals surface area contributed by atoms with E-state index in [2.05, 4.69) is 25.4 Å². The predicted molar refractivity (Wildman–Crippen MR) is 104 cm³/mol. The predicted octanol–water partition coefficient (Wildman–Crippen LogP) is 2.96. The van der Waals surface area contributed by atoms with Crippen molar-refractivity contribution in [2.75, 3.05) is 23.3 Å². The number of rotatable bonds is 4. The molecule has 7 nitrogen and oxygen atoms in total. The second-order valence-electron chi connectivity index (χ2n) is 6.96. The van der Waals surface area contributed by atoms with E-state index in [-0.39, 0.29) is 17.6 Å². The summed E-state index contributed by atoms with van der Waals surface area (Å²) in [7, 11) is 0. The molecule has 1 atom stereocenters. The van der Waals surface area contributed by atoms with Crippen LogP contribution in [0.25, 0.3) is 5.82 Å². The van der Waals surface area contributed by atoms with Gasteiger partial charge < -0.3 is 10.2 Å². The summed E-state index contributed by atoms with van der Waals surface area (Å²) in [5.41, 5.74) is 1.04. The first-order valence-corrected chi connectivity index (χ1v) is 9.24. The lowest BCUT2D eigenvalue weighted by atomic mass is 9.97. The lowest BCUT2D eigenvalue weighted by Gasteiger charge is -2.32. The molecule has 1 aromatic carbocycles. The van der Waals surface area contributed by atoms with Gasteiger partial charge in [0.15, 0.2) is 11.6 Å². The molecule has 1 aliphatic rings. The van der Waals surface area contributed by atoms with Crippen LogP contribution in [-0.4, -0.2) is 38.7 Å². The van der Waals surface area contributed by atoms with Crippen molar-refractivity contribution in [2.24, 2.45) is 5.92 Å². The van der Waals surface area contributed by atoms with E-state index in [0.29, 0.717) is 23.6 Å². The van der Waals surface area contributed by atoms with Gasteiger partial charge in [-0.2, -0.15) is 0 Å². The molecule has 0 saturated carbocycles. The van der Waals surface area contributed by atoms with E-state index >= 15 is 0 Å². The molecule has 3 aromatic rings. The van der Waals surface area contributed by atoms with Gasteiger partial charge in [-0.25, -0.2) is 9.37 Å². The summed E-state index contributed by atoms with van der Waals surface area (Å²) in [6.45, 7) is 3.07. The van der Waals surface area contributed by atoms with E-state index < -0.39 is 0 Å². The number of carbonyl (C=O) groups excluding carboxylic acids is 1. The monoisotopic (exact) mass is 380 g/mol. The van der Waals surface area contributed by atoms with E-state index in [1.165, 1.54) is 6.07 Å². The van der Waals surface area contributed by atoms with Crippen molar-refractivity contribution in [3.8, 4) is 5.82 Å². The third-order valence-corrected chi connectivity index (χ3v) is 4.96. The Balaban J connectivity index is 1.42. The Kier molecular flexibility index (Phi) is 5.01. The molecule has 1 aliphatic heterocycles. The van der Waals surface area contributed by atoms with Gasteiger partial charge in [0.2, 0.25) is 5.91 Å². The van der Waals surface area contributed by atoms with Crippen LogP contribution in [0.15, 0.2) is 49.1 Å². The van der Waals surface area contributed by atoms with Crippen LogP contribution in [0.5, 0.6) is 0 Å². The number of amides is 1. The third kappa shape index (κ3) is 3.85. The highest BCUT2D eigenvalue weighted by Gasteiger charge is 2.27. The molecule has 1 amide bonds. The van der Waals surface area contributed by atoms with Crippen LogP contribution in [-0.2, 0) is 4.79 Å². The van der Waals surface area contributed by atoms with Gasteiger partial charge in [-0.15, -0.1) is 10.2 Å². The number of carbonyl (C=O) groups is 1. The summed E-state index contributed by atoms with van der Waals surface area (Å²) in [6.07, 6.45) is 6.82. The Morgan fingerprint density at radius 2 is 2.04 bits per heavy atom. The molecule has 28 heavy (non-hydrogen) atoms. The second kappa shape index (κ2) is 7.75. The van der Waals surface area contributed by atoms with Crippen LogP contribution >= 0.6 is 0 Å². The molecule has 144 valence electrons. The minimum absolute atomic E-state index is 0.101. The first-order chi connectivity index (χ1) is 13.6. The van der Waals surface area contributed by atoms with Crippen molar-refractivity contribution in [1.82, 2.24) is 19.7 Å². The fraction of sp³-hybridized carbons (Fsp3) is 0.300. The van der Waals surface area contributed by atoms with E-state index in [0.717, 1.165) is 25.2 Å². The highest BCUT2D eigenvalue weighted by Crippen LogP contribution is 2.23. The molecular formula is C20H21FN6O. The van der Waals surface area contributed by atoms with Crippen molar-refractivity contribution in [3.63, 3.8) is 0 Å².